The number of likely N-dealkylation sites (N-methyl/N-ethyl adjacent to an activating group) is 1. The Kier molecular flexibility index (Phi) is 5.70. The van der Waals surface area contributed by atoms with E-state index in [0.29, 0.717) is 6.54 Å². The van der Waals surface area contributed by atoms with Gasteiger partial charge in [0.2, 0.25) is 5.91 Å². The number of benzene rings is 1. The van der Waals surface area contributed by atoms with E-state index in [1.165, 1.54) is 23.7 Å². The molecule has 1 aromatic rings. The molecule has 0 radical (unpaired) electrons. The van der Waals surface area contributed by atoms with Crippen molar-refractivity contribution >= 4 is 11.9 Å². The molecular formula is C15H23N3O2. The smallest absolute Gasteiger partial charge is 0.321 e. The first-order valence-corrected chi connectivity index (χ1v) is 6.64. The molecule has 1 atom stereocenters. The molecule has 0 saturated carbocycles. The van der Waals surface area contributed by atoms with Gasteiger partial charge < -0.3 is 5.32 Å². The van der Waals surface area contributed by atoms with Gasteiger partial charge in [0.25, 0.3) is 0 Å². The zero-order valence-corrected chi connectivity index (χ0v) is 12.8. The van der Waals surface area contributed by atoms with Gasteiger partial charge in [-0.05, 0) is 38.9 Å². The lowest BCUT2D eigenvalue weighted by Crippen LogP contribution is -2.47. The summed E-state index contributed by atoms with van der Waals surface area (Å²) in [6, 6.07) is 5.39. The standard InChI is InChI=1S/C15H23N3O2/c1-10-6-7-13(11(2)8-10)9-18(5)12(3)14(19)17-15(20)16-4/h6-8,12H,9H2,1-5H3,(H2,16,17,19,20)/t12-/m0/s1. The number of imide groups is 1. The molecule has 0 aromatic heterocycles. The monoisotopic (exact) mass is 277 g/mol. The van der Waals surface area contributed by atoms with Crippen molar-refractivity contribution in [3.8, 4) is 0 Å². The van der Waals surface area contributed by atoms with Crippen LogP contribution in [0.15, 0.2) is 18.2 Å². The van der Waals surface area contributed by atoms with Crippen LogP contribution in [0.4, 0.5) is 4.79 Å². The molecule has 5 heteroatoms. The number of aryl methyl sites for hydroxylation is 2. The SMILES string of the molecule is CNC(=O)NC(=O)[C@H](C)N(C)Cc1ccc(C)cc1C. The molecule has 0 aliphatic rings. The molecule has 1 rings (SSSR count). The molecule has 2 N–H and O–H groups in total. The highest BCUT2D eigenvalue weighted by molar-refractivity contribution is 5.96. The summed E-state index contributed by atoms with van der Waals surface area (Å²) in [5.74, 6) is -0.309. The van der Waals surface area contributed by atoms with Crippen molar-refractivity contribution in [2.24, 2.45) is 0 Å². The number of nitrogens with one attached hydrogen (secondary N) is 2. The van der Waals surface area contributed by atoms with Crippen molar-refractivity contribution in [2.45, 2.75) is 33.4 Å². The maximum atomic E-state index is 11.9. The Morgan fingerprint density at radius 3 is 2.50 bits per heavy atom. The maximum absolute atomic E-state index is 11.9. The van der Waals surface area contributed by atoms with Crippen LogP contribution in [0.1, 0.15) is 23.6 Å². The maximum Gasteiger partial charge on any atom is 0.321 e. The molecule has 0 unspecified atom stereocenters. The number of rotatable bonds is 4. The highest BCUT2D eigenvalue weighted by atomic mass is 16.2. The minimum atomic E-state index is -0.484. The third kappa shape index (κ3) is 4.35. The molecular weight excluding hydrogens is 254 g/mol. The van der Waals surface area contributed by atoms with Crippen LogP contribution in [0.3, 0.4) is 0 Å². The van der Waals surface area contributed by atoms with E-state index in [9.17, 15) is 9.59 Å². The Morgan fingerprint density at radius 1 is 1.30 bits per heavy atom. The third-order valence-electron chi connectivity index (χ3n) is 3.42. The number of carbonyl (C=O) groups is 2. The van der Waals surface area contributed by atoms with Gasteiger partial charge in [-0.2, -0.15) is 0 Å². The second kappa shape index (κ2) is 7.05. The predicted molar refractivity (Wildman–Crippen MR) is 79.4 cm³/mol. The molecule has 1 aromatic carbocycles. The number of carbonyl (C=O) groups excluding carboxylic acids is 2. The molecule has 5 nitrogen and oxygen atoms in total. The summed E-state index contributed by atoms with van der Waals surface area (Å²) in [6.07, 6.45) is 0. The lowest BCUT2D eigenvalue weighted by molar-refractivity contribution is -0.124. The molecule has 110 valence electrons. The fraction of sp³-hybridized carbons (Fsp3) is 0.467. The first-order chi connectivity index (χ1) is 9.35. The average Bonchev–Trinajstić information content (AvgIpc) is 2.40. The van der Waals surface area contributed by atoms with Gasteiger partial charge in [-0.3, -0.25) is 15.0 Å². The molecule has 0 aliphatic heterocycles. The van der Waals surface area contributed by atoms with E-state index in [1.54, 1.807) is 6.92 Å². The van der Waals surface area contributed by atoms with Gasteiger partial charge in [0.05, 0.1) is 6.04 Å². The first-order valence-electron chi connectivity index (χ1n) is 6.64. The Hall–Kier alpha value is -1.88. The molecule has 0 fully saturated rings. The largest absolute Gasteiger partial charge is 0.341 e. The van der Waals surface area contributed by atoms with Gasteiger partial charge in [-0.15, -0.1) is 0 Å². The van der Waals surface area contributed by atoms with Gasteiger partial charge >= 0.3 is 6.03 Å². The van der Waals surface area contributed by atoms with Crippen molar-refractivity contribution < 1.29 is 9.59 Å². The van der Waals surface area contributed by atoms with Gasteiger partial charge in [-0.1, -0.05) is 23.8 Å². The van der Waals surface area contributed by atoms with Crippen molar-refractivity contribution in [2.75, 3.05) is 14.1 Å². The molecule has 0 aliphatic carbocycles. The zero-order valence-electron chi connectivity index (χ0n) is 12.8. The van der Waals surface area contributed by atoms with Crippen LogP contribution in [-0.2, 0) is 11.3 Å². The minimum absolute atomic E-state index is 0.309. The first kappa shape index (κ1) is 16.2. The summed E-state index contributed by atoms with van der Waals surface area (Å²) in [5.41, 5.74) is 3.60. The number of hydrogen-bond acceptors (Lipinski definition) is 3. The number of hydrogen-bond donors (Lipinski definition) is 2. The number of nitrogens with zero attached hydrogens (tertiary/aromatic N) is 1. The minimum Gasteiger partial charge on any atom is -0.341 e. The molecule has 0 heterocycles. The van der Waals surface area contributed by atoms with Crippen LogP contribution in [0, 0.1) is 13.8 Å². The van der Waals surface area contributed by atoms with Crippen molar-refractivity contribution in [1.29, 1.82) is 0 Å². The van der Waals surface area contributed by atoms with E-state index in [2.05, 4.69) is 42.7 Å². The highest BCUT2D eigenvalue weighted by Crippen LogP contribution is 2.13. The lowest BCUT2D eigenvalue weighted by atomic mass is 10.0. The van der Waals surface area contributed by atoms with E-state index >= 15 is 0 Å². The summed E-state index contributed by atoms with van der Waals surface area (Å²) < 4.78 is 0. The average molecular weight is 277 g/mol. The van der Waals surface area contributed by atoms with Crippen LogP contribution in [0.25, 0.3) is 0 Å². The lowest BCUT2D eigenvalue weighted by Gasteiger charge is -2.24. The molecule has 3 amide bonds. The van der Waals surface area contributed by atoms with Gasteiger partial charge in [0, 0.05) is 13.6 Å². The van der Waals surface area contributed by atoms with Crippen LogP contribution in [-0.4, -0.2) is 37.0 Å². The van der Waals surface area contributed by atoms with Crippen molar-refractivity contribution in [3.63, 3.8) is 0 Å². The predicted octanol–water partition coefficient (Wildman–Crippen LogP) is 1.58. The Labute approximate surface area is 120 Å². The van der Waals surface area contributed by atoms with Gasteiger partial charge in [0.1, 0.15) is 0 Å². The fourth-order valence-corrected chi connectivity index (χ4v) is 1.91. The Bertz CT molecular complexity index is 500. The third-order valence-corrected chi connectivity index (χ3v) is 3.42. The normalized spacial score (nSPS) is 12.1. The Balaban J connectivity index is 2.67. The van der Waals surface area contributed by atoms with E-state index in [0.717, 1.165) is 0 Å². The second-order valence-electron chi connectivity index (χ2n) is 5.09. The van der Waals surface area contributed by atoms with E-state index in [1.807, 2.05) is 11.9 Å². The summed E-state index contributed by atoms with van der Waals surface area (Å²) in [6.45, 7) is 6.56. The van der Waals surface area contributed by atoms with Gasteiger partial charge in [-0.25, -0.2) is 4.79 Å². The van der Waals surface area contributed by atoms with Crippen molar-refractivity contribution in [1.82, 2.24) is 15.5 Å². The van der Waals surface area contributed by atoms with Crippen molar-refractivity contribution in [3.05, 3.63) is 34.9 Å². The van der Waals surface area contributed by atoms with Crippen LogP contribution in [0.2, 0.25) is 0 Å². The zero-order chi connectivity index (χ0) is 15.3. The fourth-order valence-electron chi connectivity index (χ4n) is 1.91. The van der Waals surface area contributed by atoms with Crippen LogP contribution < -0.4 is 10.6 Å². The molecule has 0 spiro atoms. The highest BCUT2D eigenvalue weighted by Gasteiger charge is 2.20. The summed E-state index contributed by atoms with van der Waals surface area (Å²) in [7, 11) is 3.35. The van der Waals surface area contributed by atoms with E-state index in [-0.39, 0.29) is 11.9 Å². The summed E-state index contributed by atoms with van der Waals surface area (Å²) in [4.78, 5) is 24.9. The van der Waals surface area contributed by atoms with Crippen LogP contribution in [0.5, 0.6) is 0 Å². The van der Waals surface area contributed by atoms with E-state index < -0.39 is 6.03 Å². The Morgan fingerprint density at radius 2 is 1.95 bits per heavy atom. The summed E-state index contributed by atoms with van der Waals surface area (Å²) >= 11 is 0. The number of urea groups is 1. The quantitative estimate of drug-likeness (QED) is 0.878. The number of amides is 3. The second-order valence-corrected chi connectivity index (χ2v) is 5.09. The molecule has 20 heavy (non-hydrogen) atoms. The van der Waals surface area contributed by atoms with E-state index in [4.69, 9.17) is 0 Å². The molecule has 0 saturated heterocycles. The van der Waals surface area contributed by atoms with Gasteiger partial charge in [0.15, 0.2) is 0 Å². The molecule has 0 bridgehead atoms. The summed E-state index contributed by atoms with van der Waals surface area (Å²) in [5, 5.41) is 4.65. The van der Waals surface area contributed by atoms with Crippen LogP contribution >= 0.6 is 0 Å². The topological polar surface area (TPSA) is 61.4 Å².